The Labute approximate surface area is 206 Å². The number of carbonyl (C=O) groups is 1. The van der Waals surface area contributed by atoms with E-state index >= 15 is 0 Å². The quantitative estimate of drug-likeness (QED) is 0.151. The van der Waals surface area contributed by atoms with Crippen LogP contribution in [-0.2, 0) is 19.0 Å². The highest BCUT2D eigenvalue weighted by atomic mass is 16.7. The van der Waals surface area contributed by atoms with Crippen molar-refractivity contribution in [3.05, 3.63) is 0 Å². The van der Waals surface area contributed by atoms with Crippen LogP contribution >= 0.6 is 0 Å². The first-order valence-corrected chi connectivity index (χ1v) is 13.5. The first-order chi connectivity index (χ1) is 16.4. The van der Waals surface area contributed by atoms with Crippen molar-refractivity contribution in [2.75, 3.05) is 19.8 Å². The molecule has 1 aliphatic heterocycles. The van der Waals surface area contributed by atoms with Crippen LogP contribution in [0.1, 0.15) is 104 Å². The summed E-state index contributed by atoms with van der Waals surface area (Å²) in [6.45, 7) is 3.16. The van der Waals surface area contributed by atoms with Crippen molar-refractivity contribution in [2.24, 2.45) is 5.92 Å². The van der Waals surface area contributed by atoms with E-state index in [9.17, 15) is 25.2 Å². The number of carbonyl (C=O) groups excluding carboxylic acids is 1. The number of hydrogen-bond acceptors (Lipinski definition) is 8. The maximum absolute atomic E-state index is 11.9. The molecule has 202 valence electrons. The van der Waals surface area contributed by atoms with Crippen LogP contribution in [0.3, 0.4) is 0 Å². The highest BCUT2D eigenvalue weighted by Crippen LogP contribution is 2.26. The van der Waals surface area contributed by atoms with Gasteiger partial charge in [0.2, 0.25) is 0 Å². The van der Waals surface area contributed by atoms with Crippen molar-refractivity contribution >= 4 is 5.97 Å². The molecule has 0 spiro atoms. The largest absolute Gasteiger partial charge is 0.463 e. The number of aliphatic hydroxyl groups excluding tert-OH is 4. The Balaban J connectivity index is 1.99. The second kappa shape index (κ2) is 19.4. The van der Waals surface area contributed by atoms with E-state index in [-0.39, 0.29) is 25.8 Å². The Kier molecular flexibility index (Phi) is 17.9. The highest BCUT2D eigenvalue weighted by Gasteiger charge is 2.42. The average molecular weight is 491 g/mol. The molecule has 0 aromatic heterocycles. The summed E-state index contributed by atoms with van der Waals surface area (Å²) >= 11 is 0. The molecule has 4 N–H and O–H groups in total. The van der Waals surface area contributed by atoms with E-state index < -0.39 is 36.6 Å². The molecule has 8 heteroatoms. The third-order valence-electron chi connectivity index (χ3n) is 6.62. The molecule has 0 bridgehead atoms. The van der Waals surface area contributed by atoms with Crippen LogP contribution < -0.4 is 0 Å². The predicted molar refractivity (Wildman–Crippen MR) is 130 cm³/mol. The summed E-state index contributed by atoms with van der Waals surface area (Å²) in [4.78, 5) is 11.9. The van der Waals surface area contributed by atoms with Crippen molar-refractivity contribution < 1.29 is 39.4 Å². The molecule has 6 unspecified atom stereocenters. The lowest BCUT2D eigenvalue weighted by Gasteiger charge is -2.40. The predicted octanol–water partition coefficient (Wildman–Crippen LogP) is 3.46. The summed E-state index contributed by atoms with van der Waals surface area (Å²) in [6.07, 6.45) is 11.2. The lowest BCUT2D eigenvalue weighted by Crippen LogP contribution is -2.55. The fourth-order valence-corrected chi connectivity index (χ4v) is 4.22. The minimum absolute atomic E-state index is 0.206. The van der Waals surface area contributed by atoms with Gasteiger partial charge in [-0.15, -0.1) is 0 Å². The van der Waals surface area contributed by atoms with Crippen molar-refractivity contribution in [3.8, 4) is 0 Å². The Hall–Kier alpha value is -0.770. The summed E-state index contributed by atoms with van der Waals surface area (Å²) in [6, 6.07) is 0. The van der Waals surface area contributed by atoms with E-state index in [2.05, 4.69) is 6.92 Å². The van der Waals surface area contributed by atoms with Crippen LogP contribution in [0.4, 0.5) is 0 Å². The Morgan fingerprint density at radius 2 is 1.38 bits per heavy atom. The molecule has 0 saturated carbocycles. The zero-order valence-corrected chi connectivity index (χ0v) is 21.4. The van der Waals surface area contributed by atoms with Crippen molar-refractivity contribution in [3.63, 3.8) is 0 Å². The minimum Gasteiger partial charge on any atom is -0.463 e. The lowest BCUT2D eigenvalue weighted by atomic mass is 9.91. The summed E-state index contributed by atoms with van der Waals surface area (Å²) in [5.74, 6) is -0.795. The number of unbranched alkanes of at least 4 members (excludes halogenated alkanes) is 12. The van der Waals surface area contributed by atoms with Gasteiger partial charge in [0.25, 0.3) is 0 Å². The molecule has 0 aromatic rings. The first-order valence-electron chi connectivity index (χ1n) is 13.5. The highest BCUT2D eigenvalue weighted by molar-refractivity contribution is 5.69. The van der Waals surface area contributed by atoms with E-state index in [4.69, 9.17) is 14.2 Å². The molecule has 0 radical (unpaired) electrons. The standard InChI is InChI=1S/C26H50O8/c1-3-4-5-6-7-8-9-10-11-12-13-14-15-16-23(29)32-18-21(28)19-33-26-25(31)24(30)20(2)22(17-27)34-26/h20-22,24-28,30-31H,3-19H2,1-2H3. The van der Waals surface area contributed by atoms with Gasteiger partial charge in [-0.2, -0.15) is 0 Å². The third kappa shape index (κ3) is 13.4. The van der Waals surface area contributed by atoms with E-state index in [1.165, 1.54) is 64.2 Å². The fraction of sp³-hybridized carbons (Fsp3) is 0.962. The van der Waals surface area contributed by atoms with Gasteiger partial charge in [-0.05, 0) is 6.42 Å². The molecule has 8 nitrogen and oxygen atoms in total. The van der Waals surface area contributed by atoms with Gasteiger partial charge in [-0.1, -0.05) is 90.9 Å². The van der Waals surface area contributed by atoms with Crippen molar-refractivity contribution in [2.45, 2.75) is 134 Å². The fourth-order valence-electron chi connectivity index (χ4n) is 4.22. The lowest BCUT2D eigenvalue weighted by molar-refractivity contribution is -0.292. The smallest absolute Gasteiger partial charge is 0.305 e. The van der Waals surface area contributed by atoms with Crippen molar-refractivity contribution in [1.82, 2.24) is 0 Å². The van der Waals surface area contributed by atoms with Gasteiger partial charge in [-0.25, -0.2) is 0 Å². The minimum atomic E-state index is -1.29. The van der Waals surface area contributed by atoms with Gasteiger partial charge in [0.05, 0.1) is 25.4 Å². The molecule has 1 aliphatic rings. The zero-order valence-electron chi connectivity index (χ0n) is 21.4. The number of ether oxygens (including phenoxy) is 3. The molecular weight excluding hydrogens is 440 g/mol. The summed E-state index contributed by atoms with van der Waals surface area (Å²) in [5.41, 5.74) is 0. The van der Waals surface area contributed by atoms with Crippen molar-refractivity contribution in [1.29, 1.82) is 0 Å². The summed E-state index contributed by atoms with van der Waals surface area (Å²) < 4.78 is 15.9. The van der Waals surface area contributed by atoms with Crippen LogP contribution in [0, 0.1) is 5.92 Å². The van der Waals surface area contributed by atoms with Crippen LogP contribution in [0.2, 0.25) is 0 Å². The third-order valence-corrected chi connectivity index (χ3v) is 6.62. The zero-order chi connectivity index (χ0) is 25.2. The van der Waals surface area contributed by atoms with Gasteiger partial charge in [0.15, 0.2) is 6.29 Å². The van der Waals surface area contributed by atoms with E-state index in [0.717, 1.165) is 19.3 Å². The monoisotopic (exact) mass is 490 g/mol. The number of hydrogen-bond donors (Lipinski definition) is 4. The van der Waals surface area contributed by atoms with E-state index in [1.807, 2.05) is 0 Å². The van der Waals surface area contributed by atoms with Gasteiger partial charge in [-0.3, -0.25) is 4.79 Å². The molecule has 0 amide bonds. The van der Waals surface area contributed by atoms with Gasteiger partial charge in [0.1, 0.15) is 18.8 Å². The van der Waals surface area contributed by atoms with Gasteiger partial charge in [0, 0.05) is 12.3 Å². The molecule has 0 aliphatic carbocycles. The second-order valence-corrected chi connectivity index (χ2v) is 9.73. The van der Waals surface area contributed by atoms with Crippen LogP contribution in [0.5, 0.6) is 0 Å². The molecule has 34 heavy (non-hydrogen) atoms. The van der Waals surface area contributed by atoms with Crippen LogP contribution in [-0.4, -0.2) is 76.9 Å². The molecule has 0 aromatic carbocycles. The van der Waals surface area contributed by atoms with Gasteiger partial charge < -0.3 is 34.6 Å². The summed E-state index contributed by atoms with van der Waals surface area (Å²) in [5, 5.41) is 39.4. The molecular formula is C26H50O8. The SMILES string of the molecule is CCCCCCCCCCCCCCCC(=O)OCC(O)COC1OC(CO)C(C)C(O)C1O. The number of rotatable bonds is 20. The number of aliphatic hydroxyl groups is 4. The second-order valence-electron chi connectivity index (χ2n) is 9.73. The van der Waals surface area contributed by atoms with Crippen LogP contribution in [0.25, 0.3) is 0 Å². The number of esters is 1. The Morgan fingerprint density at radius 3 is 1.91 bits per heavy atom. The van der Waals surface area contributed by atoms with E-state index in [0.29, 0.717) is 6.42 Å². The van der Waals surface area contributed by atoms with Crippen LogP contribution in [0.15, 0.2) is 0 Å². The van der Waals surface area contributed by atoms with Gasteiger partial charge >= 0.3 is 5.97 Å². The Morgan fingerprint density at radius 1 is 0.853 bits per heavy atom. The van der Waals surface area contributed by atoms with E-state index in [1.54, 1.807) is 6.92 Å². The molecule has 1 fully saturated rings. The first kappa shape index (κ1) is 31.3. The normalized spacial score (nSPS) is 25.9. The molecule has 1 rings (SSSR count). The topological polar surface area (TPSA) is 126 Å². The summed E-state index contributed by atoms with van der Waals surface area (Å²) in [7, 11) is 0. The molecule has 6 atom stereocenters. The Bertz CT molecular complexity index is 501. The maximum atomic E-state index is 11.9. The molecule has 1 saturated heterocycles. The molecule has 1 heterocycles. The maximum Gasteiger partial charge on any atom is 0.305 e. The average Bonchev–Trinajstić information content (AvgIpc) is 2.83.